The van der Waals surface area contributed by atoms with E-state index in [2.05, 4.69) is 24.1 Å². The Morgan fingerprint density at radius 3 is 2.89 bits per heavy atom. The minimum absolute atomic E-state index is 0.0760. The van der Waals surface area contributed by atoms with Gasteiger partial charge in [0, 0.05) is 23.6 Å². The van der Waals surface area contributed by atoms with Crippen molar-refractivity contribution in [2.75, 3.05) is 5.32 Å². The van der Waals surface area contributed by atoms with Gasteiger partial charge in [-0.3, -0.25) is 0 Å². The first-order chi connectivity index (χ1) is 9.00. The van der Waals surface area contributed by atoms with Gasteiger partial charge in [-0.15, -0.1) is 0 Å². The second-order valence-electron chi connectivity index (χ2n) is 5.91. The van der Waals surface area contributed by atoms with Gasteiger partial charge < -0.3 is 14.8 Å². The zero-order valence-corrected chi connectivity index (χ0v) is 11.6. The number of rotatable bonds is 3. The van der Waals surface area contributed by atoms with Crippen LogP contribution in [0.15, 0.2) is 22.6 Å². The van der Waals surface area contributed by atoms with Crippen molar-refractivity contribution in [1.82, 2.24) is 4.98 Å². The van der Waals surface area contributed by atoms with E-state index < -0.39 is 0 Å². The molecule has 4 nitrogen and oxygen atoms in total. The third-order valence-corrected chi connectivity index (χ3v) is 4.29. The molecule has 0 amide bonds. The minimum atomic E-state index is -0.215. The maximum absolute atomic E-state index is 9.76. The summed E-state index contributed by atoms with van der Waals surface area (Å²) in [7, 11) is 0. The van der Waals surface area contributed by atoms with Crippen molar-refractivity contribution in [3.8, 4) is 0 Å². The van der Waals surface area contributed by atoms with E-state index in [1.54, 1.807) is 0 Å². The smallest absolute Gasteiger partial charge is 0.195 e. The van der Waals surface area contributed by atoms with Crippen LogP contribution in [0.2, 0.25) is 0 Å². The van der Waals surface area contributed by atoms with Crippen LogP contribution < -0.4 is 5.32 Å². The largest absolute Gasteiger partial charge is 0.441 e. The molecule has 0 bridgehead atoms. The lowest BCUT2D eigenvalue weighted by molar-refractivity contribution is -0.0510. The minimum Gasteiger partial charge on any atom is -0.441 e. The van der Waals surface area contributed by atoms with Crippen LogP contribution in [0.25, 0.3) is 11.1 Å². The maximum atomic E-state index is 9.76. The maximum Gasteiger partial charge on any atom is 0.195 e. The fourth-order valence-corrected chi connectivity index (χ4v) is 2.56. The van der Waals surface area contributed by atoms with E-state index in [9.17, 15) is 5.11 Å². The van der Waals surface area contributed by atoms with E-state index in [-0.39, 0.29) is 11.5 Å². The molecule has 0 aliphatic heterocycles. The topological polar surface area (TPSA) is 58.3 Å². The van der Waals surface area contributed by atoms with Gasteiger partial charge in [0.2, 0.25) is 0 Å². The summed E-state index contributed by atoms with van der Waals surface area (Å²) in [4.78, 5) is 4.44. The monoisotopic (exact) mass is 260 g/mol. The summed E-state index contributed by atoms with van der Waals surface area (Å²) in [5, 5.41) is 13.2. The summed E-state index contributed by atoms with van der Waals surface area (Å²) in [6, 6.07) is 6.27. The molecule has 1 aliphatic rings. The standard InChI is InChI=1S/C15H20N2O2/c1-4-14-17-10-7-9(5-6-11(10)19-14)16-12-8-13(18)15(12,2)3/h5-7,12-13,16,18H,4,8H2,1-3H3. The summed E-state index contributed by atoms with van der Waals surface area (Å²) in [6.45, 7) is 6.20. The molecular weight excluding hydrogens is 240 g/mol. The summed E-state index contributed by atoms with van der Waals surface area (Å²) < 4.78 is 5.60. The van der Waals surface area contributed by atoms with Crippen LogP contribution in [0.3, 0.4) is 0 Å². The molecule has 0 saturated heterocycles. The third-order valence-electron chi connectivity index (χ3n) is 4.29. The predicted octanol–water partition coefficient (Wildman–Crippen LogP) is 2.96. The average Bonchev–Trinajstić information content (AvgIpc) is 2.80. The van der Waals surface area contributed by atoms with Gasteiger partial charge in [-0.05, 0) is 24.6 Å². The van der Waals surface area contributed by atoms with Gasteiger partial charge in [-0.1, -0.05) is 20.8 Å². The van der Waals surface area contributed by atoms with Gasteiger partial charge in [-0.2, -0.15) is 0 Å². The highest BCUT2D eigenvalue weighted by molar-refractivity contribution is 5.77. The quantitative estimate of drug-likeness (QED) is 0.890. The van der Waals surface area contributed by atoms with Gasteiger partial charge in [-0.25, -0.2) is 4.98 Å². The normalized spacial score (nSPS) is 25.3. The van der Waals surface area contributed by atoms with Crippen LogP contribution in [0.5, 0.6) is 0 Å². The van der Waals surface area contributed by atoms with Gasteiger partial charge in [0.05, 0.1) is 6.10 Å². The molecule has 4 heteroatoms. The van der Waals surface area contributed by atoms with Crippen molar-refractivity contribution in [3.05, 3.63) is 24.1 Å². The van der Waals surface area contributed by atoms with Crippen molar-refractivity contribution >= 4 is 16.8 Å². The van der Waals surface area contributed by atoms with Crippen molar-refractivity contribution in [2.24, 2.45) is 5.41 Å². The lowest BCUT2D eigenvalue weighted by Gasteiger charge is -2.49. The Bertz CT molecular complexity index is 603. The number of aliphatic hydroxyl groups is 1. The molecular formula is C15H20N2O2. The van der Waals surface area contributed by atoms with E-state index in [0.717, 1.165) is 35.5 Å². The highest BCUT2D eigenvalue weighted by Crippen LogP contribution is 2.42. The van der Waals surface area contributed by atoms with Crippen LogP contribution in [0.4, 0.5) is 5.69 Å². The number of oxazole rings is 1. The van der Waals surface area contributed by atoms with Gasteiger partial charge in [0.25, 0.3) is 0 Å². The van der Waals surface area contributed by atoms with Gasteiger partial charge in [0.15, 0.2) is 11.5 Å². The Labute approximate surface area is 112 Å². The number of benzene rings is 1. The third kappa shape index (κ3) is 2.00. The fraction of sp³-hybridized carbons (Fsp3) is 0.533. The number of aliphatic hydroxyl groups excluding tert-OH is 1. The molecule has 0 radical (unpaired) electrons. The molecule has 0 spiro atoms. The second kappa shape index (κ2) is 4.23. The Balaban J connectivity index is 1.82. The van der Waals surface area contributed by atoms with E-state index in [1.165, 1.54) is 0 Å². The molecule has 1 saturated carbocycles. The van der Waals surface area contributed by atoms with Crippen LogP contribution in [-0.2, 0) is 6.42 Å². The molecule has 2 N–H and O–H groups in total. The zero-order valence-electron chi connectivity index (χ0n) is 11.6. The van der Waals surface area contributed by atoms with Crippen molar-refractivity contribution in [1.29, 1.82) is 0 Å². The van der Waals surface area contributed by atoms with E-state index >= 15 is 0 Å². The van der Waals surface area contributed by atoms with E-state index in [4.69, 9.17) is 4.42 Å². The first-order valence-electron chi connectivity index (χ1n) is 6.84. The Hall–Kier alpha value is -1.55. The Kier molecular flexibility index (Phi) is 2.78. The molecule has 1 fully saturated rings. The highest BCUT2D eigenvalue weighted by Gasteiger charge is 2.47. The number of anilines is 1. The Morgan fingerprint density at radius 1 is 1.47 bits per heavy atom. The average molecular weight is 260 g/mol. The number of aryl methyl sites for hydroxylation is 1. The number of hydrogen-bond donors (Lipinski definition) is 2. The summed E-state index contributed by atoms with van der Waals surface area (Å²) in [5.74, 6) is 0.770. The number of hydrogen-bond acceptors (Lipinski definition) is 4. The van der Waals surface area contributed by atoms with Crippen LogP contribution in [-0.4, -0.2) is 22.2 Å². The first-order valence-corrected chi connectivity index (χ1v) is 6.84. The summed E-state index contributed by atoms with van der Waals surface area (Å²) in [6.07, 6.45) is 1.39. The number of aromatic nitrogens is 1. The predicted molar refractivity (Wildman–Crippen MR) is 75.2 cm³/mol. The number of fused-ring (bicyclic) bond motifs is 1. The molecule has 3 rings (SSSR count). The molecule has 2 unspecified atom stereocenters. The second-order valence-corrected chi connectivity index (χ2v) is 5.91. The van der Waals surface area contributed by atoms with Crippen molar-refractivity contribution in [3.63, 3.8) is 0 Å². The molecule has 1 aliphatic carbocycles. The lowest BCUT2D eigenvalue weighted by Crippen LogP contribution is -2.56. The number of nitrogens with one attached hydrogen (secondary N) is 1. The molecule has 1 aromatic heterocycles. The zero-order chi connectivity index (χ0) is 13.6. The van der Waals surface area contributed by atoms with Crippen LogP contribution >= 0.6 is 0 Å². The summed E-state index contributed by atoms with van der Waals surface area (Å²) >= 11 is 0. The molecule has 19 heavy (non-hydrogen) atoms. The molecule has 102 valence electrons. The molecule has 2 aromatic rings. The first kappa shape index (κ1) is 12.5. The van der Waals surface area contributed by atoms with Crippen molar-refractivity contribution < 1.29 is 9.52 Å². The fourth-order valence-electron chi connectivity index (χ4n) is 2.56. The highest BCUT2D eigenvalue weighted by atomic mass is 16.3. The van der Waals surface area contributed by atoms with Crippen LogP contribution in [0, 0.1) is 5.41 Å². The van der Waals surface area contributed by atoms with Crippen molar-refractivity contribution in [2.45, 2.75) is 45.8 Å². The SMILES string of the molecule is CCc1nc2cc(NC3CC(O)C3(C)C)ccc2o1. The Morgan fingerprint density at radius 2 is 2.26 bits per heavy atom. The van der Waals surface area contributed by atoms with E-state index in [0.29, 0.717) is 6.04 Å². The lowest BCUT2D eigenvalue weighted by atomic mass is 9.64. The number of nitrogens with zero attached hydrogens (tertiary/aromatic N) is 1. The van der Waals surface area contributed by atoms with E-state index in [1.807, 2.05) is 25.1 Å². The molecule has 1 heterocycles. The van der Waals surface area contributed by atoms with Gasteiger partial charge in [0.1, 0.15) is 5.52 Å². The molecule has 1 aromatic carbocycles. The summed E-state index contributed by atoms with van der Waals surface area (Å²) in [5.41, 5.74) is 2.68. The van der Waals surface area contributed by atoms with Gasteiger partial charge >= 0.3 is 0 Å². The van der Waals surface area contributed by atoms with Crippen LogP contribution in [0.1, 0.15) is 33.1 Å². The molecule has 2 atom stereocenters.